The number of pyridine rings is 2. The molecular formula is C21H24F3N7O. The van der Waals surface area contributed by atoms with Crippen molar-refractivity contribution in [1.29, 1.82) is 0 Å². The zero-order valence-corrected chi connectivity index (χ0v) is 17.6. The Balaban J connectivity index is 1.34. The maximum absolute atomic E-state index is 12.6. The summed E-state index contributed by atoms with van der Waals surface area (Å²) < 4.78 is 38.5. The summed E-state index contributed by atoms with van der Waals surface area (Å²) >= 11 is 0. The number of carbonyl (C=O) groups is 1. The zero-order valence-electron chi connectivity index (χ0n) is 17.6. The first-order valence-electron chi connectivity index (χ1n) is 10.4. The van der Waals surface area contributed by atoms with Gasteiger partial charge >= 0.3 is 12.2 Å². The second kappa shape index (κ2) is 9.11. The number of likely N-dealkylation sites (tertiary alicyclic amines) is 1. The largest absolute Gasteiger partial charge is 0.390 e. The number of hydrogen-bond donors (Lipinski definition) is 2. The van der Waals surface area contributed by atoms with Gasteiger partial charge in [-0.05, 0) is 25.0 Å². The van der Waals surface area contributed by atoms with Crippen LogP contribution in [0.3, 0.4) is 0 Å². The maximum Gasteiger partial charge on any atom is 0.390 e. The van der Waals surface area contributed by atoms with Gasteiger partial charge in [-0.1, -0.05) is 0 Å². The number of hydrogen-bond acceptors (Lipinski definition) is 5. The fraction of sp³-hybridized carbons (Fsp3) is 0.429. The minimum Gasteiger partial charge on any atom is -0.324 e. The van der Waals surface area contributed by atoms with Crippen LogP contribution in [0.4, 0.5) is 23.8 Å². The fourth-order valence-corrected chi connectivity index (χ4v) is 3.72. The number of nitrogens with one attached hydrogen (secondary N) is 2. The van der Waals surface area contributed by atoms with E-state index in [0.717, 1.165) is 16.5 Å². The SMILES string of the molecule is Cn1cc(-c2cnc3cnc(NC(=O)N4CCC(NCCC(F)(F)F)CC4)cc3c2)cn1. The van der Waals surface area contributed by atoms with E-state index < -0.39 is 12.6 Å². The van der Waals surface area contributed by atoms with Gasteiger partial charge < -0.3 is 10.2 Å². The number of fused-ring (bicyclic) bond motifs is 1. The van der Waals surface area contributed by atoms with Gasteiger partial charge in [0.1, 0.15) is 5.82 Å². The third-order valence-electron chi connectivity index (χ3n) is 5.46. The van der Waals surface area contributed by atoms with Crippen molar-refractivity contribution in [2.75, 3.05) is 25.0 Å². The minimum atomic E-state index is -4.16. The van der Waals surface area contributed by atoms with Crippen molar-refractivity contribution >= 4 is 22.8 Å². The molecule has 0 bridgehead atoms. The summed E-state index contributed by atoms with van der Waals surface area (Å²) in [6, 6.07) is 3.44. The van der Waals surface area contributed by atoms with Crippen LogP contribution in [0.5, 0.6) is 0 Å². The van der Waals surface area contributed by atoms with Crippen molar-refractivity contribution in [3.8, 4) is 11.1 Å². The van der Waals surface area contributed by atoms with Crippen molar-refractivity contribution < 1.29 is 18.0 Å². The van der Waals surface area contributed by atoms with Crippen molar-refractivity contribution in [2.45, 2.75) is 31.5 Å². The molecule has 0 aromatic carbocycles. The number of alkyl halides is 3. The Morgan fingerprint density at radius 1 is 1.12 bits per heavy atom. The summed E-state index contributed by atoms with van der Waals surface area (Å²) in [5, 5.41) is 10.7. The zero-order chi connectivity index (χ0) is 22.7. The summed E-state index contributed by atoms with van der Waals surface area (Å²) in [7, 11) is 1.84. The Bertz CT molecular complexity index is 1090. The normalized spacial score (nSPS) is 15.3. The molecule has 4 rings (SSSR count). The molecule has 0 spiro atoms. The topological polar surface area (TPSA) is 88.0 Å². The second-order valence-electron chi connectivity index (χ2n) is 7.90. The fourth-order valence-electron chi connectivity index (χ4n) is 3.72. The van der Waals surface area contributed by atoms with Gasteiger partial charge in [-0.15, -0.1) is 0 Å². The highest BCUT2D eigenvalue weighted by molar-refractivity contribution is 5.91. The highest BCUT2D eigenvalue weighted by atomic mass is 19.4. The molecule has 1 fully saturated rings. The van der Waals surface area contributed by atoms with E-state index in [1.165, 1.54) is 0 Å². The van der Waals surface area contributed by atoms with Crippen LogP contribution in [0.15, 0.2) is 36.9 Å². The first-order chi connectivity index (χ1) is 15.3. The summed E-state index contributed by atoms with van der Waals surface area (Å²) in [5.41, 5.74) is 2.56. The van der Waals surface area contributed by atoms with Crippen molar-refractivity contribution in [3.63, 3.8) is 0 Å². The number of carbonyl (C=O) groups excluding carboxylic acids is 1. The predicted octanol–water partition coefficient (Wildman–Crippen LogP) is 3.57. The van der Waals surface area contributed by atoms with Crippen molar-refractivity contribution in [2.24, 2.45) is 7.05 Å². The molecule has 3 aromatic rings. The molecule has 2 N–H and O–H groups in total. The lowest BCUT2D eigenvalue weighted by Gasteiger charge is -2.32. The molecule has 0 aliphatic carbocycles. The van der Waals surface area contributed by atoms with Gasteiger partial charge in [-0.25, -0.2) is 9.78 Å². The van der Waals surface area contributed by atoms with Crippen LogP contribution in [0.2, 0.25) is 0 Å². The average molecular weight is 447 g/mol. The molecule has 1 aliphatic heterocycles. The van der Waals surface area contributed by atoms with Crippen LogP contribution >= 0.6 is 0 Å². The number of amides is 2. The van der Waals surface area contributed by atoms with Gasteiger partial charge in [0.25, 0.3) is 0 Å². The van der Waals surface area contributed by atoms with Gasteiger partial charge in [0.15, 0.2) is 0 Å². The molecule has 1 aliphatic rings. The number of halogens is 3. The van der Waals surface area contributed by atoms with E-state index in [-0.39, 0.29) is 18.6 Å². The molecule has 32 heavy (non-hydrogen) atoms. The molecule has 1 saturated heterocycles. The third-order valence-corrected chi connectivity index (χ3v) is 5.46. The highest BCUT2D eigenvalue weighted by Crippen LogP contribution is 2.24. The van der Waals surface area contributed by atoms with Gasteiger partial charge in [-0.3, -0.25) is 15.0 Å². The number of aromatic nitrogens is 4. The Morgan fingerprint density at radius 2 is 1.91 bits per heavy atom. The first-order valence-corrected chi connectivity index (χ1v) is 10.4. The summed E-state index contributed by atoms with van der Waals surface area (Å²) in [6.45, 7) is 0.835. The van der Waals surface area contributed by atoms with E-state index in [9.17, 15) is 18.0 Å². The maximum atomic E-state index is 12.6. The average Bonchev–Trinajstić information content (AvgIpc) is 3.19. The monoisotopic (exact) mass is 447 g/mol. The molecule has 0 atom stereocenters. The molecule has 0 saturated carbocycles. The molecule has 2 amide bonds. The lowest BCUT2D eigenvalue weighted by molar-refractivity contribution is -0.133. The van der Waals surface area contributed by atoms with Crippen LogP contribution in [0.1, 0.15) is 19.3 Å². The molecule has 4 heterocycles. The number of aryl methyl sites for hydroxylation is 1. The number of urea groups is 1. The standard InChI is InChI=1S/C21H24F3N7O/c1-30-13-16(11-28-30)15-8-14-9-19(27-12-18(14)26-10-15)29-20(32)31-6-2-17(3-7-31)25-5-4-21(22,23)24/h8-13,17,25H,2-7H2,1H3,(H,27,29,32). The summed E-state index contributed by atoms with van der Waals surface area (Å²) in [6.07, 6.45) is 3.22. The first kappa shape index (κ1) is 22.0. The molecule has 11 heteroatoms. The molecule has 8 nitrogen and oxygen atoms in total. The number of rotatable bonds is 5. The smallest absolute Gasteiger partial charge is 0.324 e. The van der Waals surface area contributed by atoms with Crippen LogP contribution in [-0.2, 0) is 7.05 Å². The minimum absolute atomic E-state index is 0.0165. The highest BCUT2D eigenvalue weighted by Gasteiger charge is 2.28. The number of nitrogens with zero attached hydrogens (tertiary/aromatic N) is 5. The quantitative estimate of drug-likeness (QED) is 0.624. The van der Waals surface area contributed by atoms with Crippen LogP contribution in [0.25, 0.3) is 22.0 Å². The van der Waals surface area contributed by atoms with E-state index in [1.807, 2.05) is 19.3 Å². The predicted molar refractivity (Wildman–Crippen MR) is 114 cm³/mol. The van der Waals surface area contributed by atoms with E-state index in [0.29, 0.717) is 37.3 Å². The van der Waals surface area contributed by atoms with Crippen molar-refractivity contribution in [1.82, 2.24) is 30.0 Å². The molecule has 170 valence electrons. The van der Waals surface area contributed by atoms with Crippen molar-refractivity contribution in [3.05, 3.63) is 36.9 Å². The van der Waals surface area contributed by atoms with Crippen LogP contribution < -0.4 is 10.6 Å². The van der Waals surface area contributed by atoms with Gasteiger partial charge in [0, 0.05) is 61.6 Å². The Hall–Kier alpha value is -3.21. The second-order valence-corrected chi connectivity index (χ2v) is 7.90. The summed E-state index contributed by atoms with van der Waals surface area (Å²) in [4.78, 5) is 23.0. The van der Waals surface area contributed by atoms with E-state index in [1.54, 1.807) is 34.2 Å². The number of piperidine rings is 1. The Kier molecular flexibility index (Phi) is 6.26. The van der Waals surface area contributed by atoms with Gasteiger partial charge in [0.05, 0.1) is 24.3 Å². The van der Waals surface area contributed by atoms with Crippen LogP contribution in [-0.4, -0.2) is 62.5 Å². The third kappa shape index (κ3) is 5.52. The van der Waals surface area contributed by atoms with Gasteiger partial charge in [-0.2, -0.15) is 18.3 Å². The lowest BCUT2D eigenvalue weighted by Crippen LogP contribution is -2.46. The molecule has 0 radical (unpaired) electrons. The Labute approximate surface area is 182 Å². The van der Waals surface area contributed by atoms with Gasteiger partial charge in [0.2, 0.25) is 0 Å². The summed E-state index contributed by atoms with van der Waals surface area (Å²) in [5.74, 6) is 0.415. The molecule has 0 unspecified atom stereocenters. The Morgan fingerprint density at radius 3 is 2.59 bits per heavy atom. The lowest BCUT2D eigenvalue weighted by atomic mass is 10.1. The van der Waals surface area contributed by atoms with E-state index >= 15 is 0 Å². The molecular weight excluding hydrogens is 423 g/mol. The van der Waals surface area contributed by atoms with Crippen LogP contribution in [0, 0.1) is 0 Å². The molecule has 3 aromatic heterocycles. The van der Waals surface area contributed by atoms with E-state index in [4.69, 9.17) is 0 Å². The number of anilines is 1. The van der Waals surface area contributed by atoms with E-state index in [2.05, 4.69) is 25.7 Å².